The van der Waals surface area contributed by atoms with Gasteiger partial charge in [-0.25, -0.2) is 9.78 Å². The molecule has 1 amide bonds. The van der Waals surface area contributed by atoms with Crippen LogP contribution >= 0.6 is 0 Å². The van der Waals surface area contributed by atoms with Gasteiger partial charge in [-0.15, -0.1) is 0 Å². The lowest BCUT2D eigenvalue weighted by Crippen LogP contribution is -2.46. The fraction of sp³-hybridized carbons (Fsp3) is 0.615. The van der Waals surface area contributed by atoms with Gasteiger partial charge < -0.3 is 21.1 Å². The molecular weight excluding hydrogens is 258 g/mol. The zero-order valence-corrected chi connectivity index (χ0v) is 11.9. The highest BCUT2D eigenvalue weighted by Crippen LogP contribution is 2.29. The van der Waals surface area contributed by atoms with Crippen molar-refractivity contribution in [3.8, 4) is 0 Å². The maximum atomic E-state index is 10.9. The van der Waals surface area contributed by atoms with Crippen molar-refractivity contribution in [3.05, 3.63) is 17.6 Å². The number of nitrogens with zero attached hydrogens (tertiary/aromatic N) is 3. The van der Waals surface area contributed by atoms with Crippen LogP contribution in [0.5, 0.6) is 0 Å². The van der Waals surface area contributed by atoms with Gasteiger partial charge >= 0.3 is 6.09 Å². The predicted molar refractivity (Wildman–Crippen MR) is 75.2 cm³/mol. The van der Waals surface area contributed by atoms with Crippen molar-refractivity contribution in [1.29, 1.82) is 0 Å². The van der Waals surface area contributed by atoms with Crippen molar-refractivity contribution in [1.82, 2.24) is 9.97 Å². The molecule has 110 valence electrons. The van der Waals surface area contributed by atoms with Crippen LogP contribution in [0.15, 0.2) is 6.20 Å². The second-order valence-electron chi connectivity index (χ2n) is 5.34. The Hall–Kier alpha value is -1.89. The first-order valence-corrected chi connectivity index (χ1v) is 6.69. The number of carbonyl (C=O) groups excluding carboxylic acids is 1. The van der Waals surface area contributed by atoms with Gasteiger partial charge in [-0.2, -0.15) is 0 Å². The van der Waals surface area contributed by atoms with E-state index in [1.165, 1.54) is 0 Å². The minimum atomic E-state index is -0.723. The van der Waals surface area contributed by atoms with Crippen LogP contribution in [0.4, 0.5) is 10.6 Å². The Kier molecular flexibility index (Phi) is 4.08. The monoisotopic (exact) mass is 279 g/mol. The first-order chi connectivity index (χ1) is 9.43. The van der Waals surface area contributed by atoms with Crippen LogP contribution in [0, 0.1) is 6.92 Å². The van der Waals surface area contributed by atoms with Crippen molar-refractivity contribution in [2.24, 2.45) is 11.5 Å². The van der Waals surface area contributed by atoms with Crippen LogP contribution in [0.2, 0.25) is 0 Å². The number of ether oxygens (including phenoxy) is 1. The molecule has 7 heteroatoms. The summed E-state index contributed by atoms with van der Waals surface area (Å²) in [7, 11) is 0. The molecule has 0 bridgehead atoms. The van der Waals surface area contributed by atoms with Gasteiger partial charge in [-0.05, 0) is 13.8 Å². The molecule has 4 N–H and O–H groups in total. The average molecular weight is 279 g/mol. The zero-order valence-electron chi connectivity index (χ0n) is 11.9. The Labute approximate surface area is 118 Å². The Morgan fingerprint density at radius 3 is 2.70 bits per heavy atom. The number of hydrogen-bond acceptors (Lipinski definition) is 6. The second kappa shape index (κ2) is 5.62. The molecule has 1 aliphatic heterocycles. The first kappa shape index (κ1) is 14.5. The topological polar surface area (TPSA) is 107 Å². The van der Waals surface area contributed by atoms with E-state index >= 15 is 0 Å². The Balaban J connectivity index is 2.09. The van der Waals surface area contributed by atoms with E-state index in [4.69, 9.17) is 16.2 Å². The molecule has 0 atom stereocenters. The van der Waals surface area contributed by atoms with E-state index in [0.29, 0.717) is 19.4 Å². The third kappa shape index (κ3) is 3.16. The van der Waals surface area contributed by atoms with E-state index in [1.54, 1.807) is 6.20 Å². The van der Waals surface area contributed by atoms with Crippen molar-refractivity contribution in [2.75, 3.05) is 18.0 Å². The van der Waals surface area contributed by atoms with E-state index in [9.17, 15) is 4.79 Å². The zero-order chi connectivity index (χ0) is 14.8. The van der Waals surface area contributed by atoms with Gasteiger partial charge in [-0.1, -0.05) is 0 Å². The Bertz CT molecular complexity index is 498. The van der Waals surface area contributed by atoms with Crippen LogP contribution in [0.1, 0.15) is 31.2 Å². The highest BCUT2D eigenvalue weighted by molar-refractivity contribution is 5.65. The molecule has 2 heterocycles. The maximum Gasteiger partial charge on any atom is 0.405 e. The summed E-state index contributed by atoms with van der Waals surface area (Å²) < 4.78 is 5.19. The van der Waals surface area contributed by atoms with Crippen LogP contribution in [0.25, 0.3) is 0 Å². The molecule has 0 radical (unpaired) electrons. The number of nitrogens with two attached hydrogens (primary N) is 2. The molecule has 1 aromatic heterocycles. The van der Waals surface area contributed by atoms with Gasteiger partial charge in [0.1, 0.15) is 5.60 Å². The number of aryl methyl sites for hydroxylation is 1. The van der Waals surface area contributed by atoms with Crippen molar-refractivity contribution < 1.29 is 9.53 Å². The lowest BCUT2D eigenvalue weighted by Gasteiger charge is -2.39. The quantitative estimate of drug-likeness (QED) is 0.843. The summed E-state index contributed by atoms with van der Waals surface area (Å²) in [6, 6.07) is 0. The molecule has 1 aromatic rings. The first-order valence-electron chi connectivity index (χ1n) is 6.69. The minimum Gasteiger partial charge on any atom is -0.443 e. The number of primary amides is 1. The molecule has 0 unspecified atom stereocenters. The van der Waals surface area contributed by atoms with E-state index in [2.05, 4.69) is 14.9 Å². The van der Waals surface area contributed by atoms with Gasteiger partial charge in [0.25, 0.3) is 0 Å². The standard InChI is InChI=1S/C13H21N5O2/c1-9-8-16-11(10(7-14)17-9)18-5-3-13(2,4-6-18)20-12(15)19/h8H,3-7,14H2,1-2H3,(H2,15,19). The second-order valence-corrected chi connectivity index (χ2v) is 5.34. The molecule has 2 rings (SSSR count). The highest BCUT2D eigenvalue weighted by Gasteiger charge is 2.34. The van der Waals surface area contributed by atoms with Gasteiger partial charge in [0.2, 0.25) is 0 Å². The normalized spacial score (nSPS) is 17.9. The Morgan fingerprint density at radius 1 is 1.50 bits per heavy atom. The van der Waals surface area contributed by atoms with Crippen molar-refractivity contribution >= 4 is 11.9 Å². The number of anilines is 1. The molecule has 1 fully saturated rings. The Morgan fingerprint density at radius 2 is 2.15 bits per heavy atom. The van der Waals surface area contributed by atoms with Crippen molar-refractivity contribution in [2.45, 2.75) is 38.8 Å². The molecule has 20 heavy (non-hydrogen) atoms. The van der Waals surface area contributed by atoms with Gasteiger partial charge in [0, 0.05) is 32.5 Å². The summed E-state index contributed by atoms with van der Waals surface area (Å²) in [6.45, 7) is 5.61. The molecular formula is C13H21N5O2. The predicted octanol–water partition coefficient (Wildman–Crippen LogP) is 0.698. The maximum absolute atomic E-state index is 10.9. The van der Waals surface area contributed by atoms with Gasteiger partial charge in [0.05, 0.1) is 17.6 Å². The van der Waals surface area contributed by atoms with Gasteiger partial charge in [-0.3, -0.25) is 4.98 Å². The third-order valence-corrected chi connectivity index (χ3v) is 3.60. The van der Waals surface area contributed by atoms with Crippen molar-refractivity contribution in [3.63, 3.8) is 0 Å². The summed E-state index contributed by atoms with van der Waals surface area (Å²) in [5.74, 6) is 0.819. The summed E-state index contributed by atoms with van der Waals surface area (Å²) >= 11 is 0. The molecule has 1 saturated heterocycles. The van der Waals surface area contributed by atoms with Crippen LogP contribution in [-0.2, 0) is 11.3 Å². The van der Waals surface area contributed by atoms with E-state index in [1.807, 2.05) is 13.8 Å². The lowest BCUT2D eigenvalue weighted by atomic mass is 9.93. The molecule has 0 aliphatic carbocycles. The molecule has 7 nitrogen and oxygen atoms in total. The molecule has 0 saturated carbocycles. The minimum absolute atomic E-state index is 0.357. The number of piperidine rings is 1. The fourth-order valence-electron chi connectivity index (χ4n) is 2.46. The molecule has 1 aliphatic rings. The average Bonchev–Trinajstić information content (AvgIpc) is 2.38. The summed E-state index contributed by atoms with van der Waals surface area (Å²) in [4.78, 5) is 21.9. The smallest absolute Gasteiger partial charge is 0.405 e. The fourth-order valence-corrected chi connectivity index (χ4v) is 2.46. The number of carbonyl (C=O) groups is 1. The number of hydrogen-bond donors (Lipinski definition) is 2. The lowest BCUT2D eigenvalue weighted by molar-refractivity contribution is 0.0126. The van der Waals surface area contributed by atoms with E-state index in [-0.39, 0.29) is 0 Å². The largest absolute Gasteiger partial charge is 0.443 e. The number of rotatable bonds is 3. The van der Waals surface area contributed by atoms with E-state index in [0.717, 1.165) is 30.3 Å². The molecule has 0 spiro atoms. The van der Waals surface area contributed by atoms with E-state index < -0.39 is 11.7 Å². The van der Waals surface area contributed by atoms with Crippen LogP contribution < -0.4 is 16.4 Å². The van der Waals surface area contributed by atoms with Crippen LogP contribution in [0.3, 0.4) is 0 Å². The van der Waals surface area contributed by atoms with Crippen LogP contribution in [-0.4, -0.2) is 34.8 Å². The summed E-state index contributed by atoms with van der Waals surface area (Å²) in [6.07, 6.45) is 2.42. The number of aromatic nitrogens is 2. The summed E-state index contributed by atoms with van der Waals surface area (Å²) in [5.41, 5.74) is 12.0. The molecule has 0 aromatic carbocycles. The van der Waals surface area contributed by atoms with Gasteiger partial charge in [0.15, 0.2) is 5.82 Å². The number of amides is 1. The SMILES string of the molecule is Cc1cnc(N2CCC(C)(OC(N)=O)CC2)c(CN)n1. The summed E-state index contributed by atoms with van der Waals surface area (Å²) in [5, 5.41) is 0. The highest BCUT2D eigenvalue weighted by atomic mass is 16.6. The third-order valence-electron chi connectivity index (χ3n) is 3.60.